The van der Waals surface area contributed by atoms with E-state index in [0.717, 1.165) is 0 Å². The summed E-state index contributed by atoms with van der Waals surface area (Å²) in [6.07, 6.45) is 3.01. The molecule has 0 saturated heterocycles. The van der Waals surface area contributed by atoms with Gasteiger partial charge in [-0.3, -0.25) is 20.0 Å². The summed E-state index contributed by atoms with van der Waals surface area (Å²) in [5.74, 6) is 4.24. The molecule has 1 aromatic heterocycles. The summed E-state index contributed by atoms with van der Waals surface area (Å²) in [7, 11) is 0. The van der Waals surface area contributed by atoms with Crippen LogP contribution in [-0.2, 0) is 4.79 Å². The van der Waals surface area contributed by atoms with Crippen molar-refractivity contribution in [2.45, 2.75) is 19.9 Å². The van der Waals surface area contributed by atoms with Gasteiger partial charge in [-0.2, -0.15) is 0 Å². The fourth-order valence-corrected chi connectivity index (χ4v) is 1.35. The van der Waals surface area contributed by atoms with Crippen LogP contribution in [0.25, 0.3) is 0 Å². The maximum Gasteiger partial charge on any atom is 0.256 e. The summed E-state index contributed by atoms with van der Waals surface area (Å²) in [5, 5.41) is 2.61. The van der Waals surface area contributed by atoms with E-state index in [-0.39, 0.29) is 11.8 Å². The molecule has 0 aliphatic rings. The van der Waals surface area contributed by atoms with E-state index in [1.165, 1.54) is 6.20 Å². The fourth-order valence-electron chi connectivity index (χ4n) is 1.35. The van der Waals surface area contributed by atoms with Gasteiger partial charge in [0.2, 0.25) is 0 Å². The molecule has 0 aliphatic heterocycles. The zero-order chi connectivity index (χ0) is 12.8. The Labute approximate surface area is 99.6 Å². The van der Waals surface area contributed by atoms with E-state index in [9.17, 15) is 9.59 Å². The zero-order valence-corrected chi connectivity index (χ0v) is 9.81. The number of carbonyl (C=O) groups excluding carboxylic acids is 2. The standard InChI is InChI=1S/C11H16N4O2/c1-7(2)9(11(17)15-12)14-10(16)8-4-3-5-13-6-8/h3-7,9H,12H2,1-2H3,(H,14,16)(H,15,17)/t9-/m1/s1. The summed E-state index contributed by atoms with van der Waals surface area (Å²) in [6.45, 7) is 3.65. The second-order valence-electron chi connectivity index (χ2n) is 3.95. The highest BCUT2D eigenvalue weighted by molar-refractivity contribution is 5.97. The van der Waals surface area contributed by atoms with Crippen LogP contribution >= 0.6 is 0 Å². The van der Waals surface area contributed by atoms with Gasteiger partial charge in [-0.1, -0.05) is 13.8 Å². The lowest BCUT2D eigenvalue weighted by Crippen LogP contribution is -2.51. The molecule has 17 heavy (non-hydrogen) atoms. The second kappa shape index (κ2) is 5.95. The van der Waals surface area contributed by atoms with E-state index in [2.05, 4.69) is 10.3 Å². The third-order valence-corrected chi connectivity index (χ3v) is 2.30. The third kappa shape index (κ3) is 3.53. The van der Waals surface area contributed by atoms with Crippen molar-refractivity contribution >= 4 is 11.8 Å². The van der Waals surface area contributed by atoms with E-state index in [1.54, 1.807) is 18.3 Å². The van der Waals surface area contributed by atoms with Crippen molar-refractivity contribution in [2.75, 3.05) is 0 Å². The van der Waals surface area contributed by atoms with Crippen molar-refractivity contribution in [2.24, 2.45) is 11.8 Å². The molecular formula is C11H16N4O2. The highest BCUT2D eigenvalue weighted by atomic mass is 16.2. The number of pyridine rings is 1. The molecule has 1 rings (SSSR count). The predicted molar refractivity (Wildman–Crippen MR) is 62.7 cm³/mol. The zero-order valence-electron chi connectivity index (χ0n) is 9.81. The quantitative estimate of drug-likeness (QED) is 0.384. The number of amides is 2. The van der Waals surface area contributed by atoms with Crippen molar-refractivity contribution < 1.29 is 9.59 Å². The molecule has 0 unspecified atom stereocenters. The van der Waals surface area contributed by atoms with Gasteiger partial charge in [0.05, 0.1) is 5.56 Å². The molecule has 92 valence electrons. The maximum atomic E-state index is 11.8. The van der Waals surface area contributed by atoms with Gasteiger partial charge >= 0.3 is 0 Å². The molecule has 2 amide bonds. The van der Waals surface area contributed by atoms with Gasteiger partial charge < -0.3 is 5.32 Å². The number of nitrogens with one attached hydrogen (secondary N) is 2. The van der Waals surface area contributed by atoms with E-state index in [4.69, 9.17) is 5.84 Å². The lowest BCUT2D eigenvalue weighted by molar-refractivity contribution is -0.124. The van der Waals surface area contributed by atoms with Crippen LogP contribution in [0.1, 0.15) is 24.2 Å². The van der Waals surface area contributed by atoms with Crippen molar-refractivity contribution in [1.82, 2.24) is 15.7 Å². The summed E-state index contributed by atoms with van der Waals surface area (Å²) in [5.41, 5.74) is 2.44. The van der Waals surface area contributed by atoms with Gasteiger partial charge in [-0.15, -0.1) is 0 Å². The molecule has 1 heterocycles. The molecule has 4 N–H and O–H groups in total. The number of nitrogens with two attached hydrogens (primary N) is 1. The molecule has 0 radical (unpaired) electrons. The molecule has 0 aromatic carbocycles. The Morgan fingerprint density at radius 2 is 2.12 bits per heavy atom. The molecule has 0 aliphatic carbocycles. The van der Waals surface area contributed by atoms with E-state index in [0.29, 0.717) is 5.56 Å². The van der Waals surface area contributed by atoms with Crippen LogP contribution in [-0.4, -0.2) is 22.8 Å². The van der Waals surface area contributed by atoms with Crippen molar-refractivity contribution in [1.29, 1.82) is 0 Å². The molecule has 6 heteroatoms. The van der Waals surface area contributed by atoms with Gasteiger partial charge in [0, 0.05) is 12.4 Å². The first kappa shape index (κ1) is 13.1. The summed E-state index contributed by atoms with van der Waals surface area (Å²) in [6, 6.07) is 2.62. The fraction of sp³-hybridized carbons (Fsp3) is 0.364. The van der Waals surface area contributed by atoms with Gasteiger partial charge in [-0.25, -0.2) is 5.84 Å². The van der Waals surface area contributed by atoms with Crippen molar-refractivity contribution in [3.8, 4) is 0 Å². The molecule has 1 atom stereocenters. The number of nitrogens with zero attached hydrogens (tertiary/aromatic N) is 1. The van der Waals surface area contributed by atoms with Crippen LogP contribution in [0, 0.1) is 5.92 Å². The van der Waals surface area contributed by atoms with E-state index in [1.807, 2.05) is 19.3 Å². The molecule has 0 bridgehead atoms. The predicted octanol–water partition coefficient (Wildman–Crippen LogP) is -0.174. The smallest absolute Gasteiger partial charge is 0.256 e. The number of hydrogen-bond donors (Lipinski definition) is 3. The van der Waals surface area contributed by atoms with E-state index < -0.39 is 11.9 Å². The maximum absolute atomic E-state index is 11.8. The summed E-state index contributed by atoms with van der Waals surface area (Å²) >= 11 is 0. The molecule has 0 saturated carbocycles. The first-order chi connectivity index (χ1) is 8.06. The largest absolute Gasteiger partial charge is 0.340 e. The monoisotopic (exact) mass is 236 g/mol. The highest BCUT2D eigenvalue weighted by Gasteiger charge is 2.23. The Morgan fingerprint density at radius 1 is 1.41 bits per heavy atom. The minimum Gasteiger partial charge on any atom is -0.340 e. The normalized spacial score (nSPS) is 12.0. The SMILES string of the molecule is CC(C)[C@@H](NC(=O)c1cccnc1)C(=O)NN. The number of hydrazine groups is 1. The number of aromatic nitrogens is 1. The number of rotatable bonds is 4. The first-order valence-electron chi connectivity index (χ1n) is 5.27. The Balaban J connectivity index is 2.75. The van der Waals surface area contributed by atoms with Gasteiger partial charge in [0.1, 0.15) is 6.04 Å². The highest BCUT2D eigenvalue weighted by Crippen LogP contribution is 2.04. The van der Waals surface area contributed by atoms with Crippen LogP contribution in [0.4, 0.5) is 0 Å². The van der Waals surface area contributed by atoms with Crippen molar-refractivity contribution in [3.05, 3.63) is 30.1 Å². The molecule has 0 spiro atoms. The topological polar surface area (TPSA) is 97.1 Å². The molecule has 1 aromatic rings. The van der Waals surface area contributed by atoms with E-state index >= 15 is 0 Å². The molecular weight excluding hydrogens is 220 g/mol. The van der Waals surface area contributed by atoms with Crippen LogP contribution < -0.4 is 16.6 Å². The second-order valence-corrected chi connectivity index (χ2v) is 3.95. The van der Waals surface area contributed by atoms with Gasteiger partial charge in [0.15, 0.2) is 0 Å². The minimum absolute atomic E-state index is 0.0563. The lowest BCUT2D eigenvalue weighted by atomic mass is 10.0. The lowest BCUT2D eigenvalue weighted by Gasteiger charge is -2.20. The Bertz CT molecular complexity index is 392. The van der Waals surface area contributed by atoms with Gasteiger partial charge in [-0.05, 0) is 18.1 Å². The summed E-state index contributed by atoms with van der Waals surface area (Å²) < 4.78 is 0. The number of hydrogen-bond acceptors (Lipinski definition) is 4. The Hall–Kier alpha value is -1.95. The van der Waals surface area contributed by atoms with Crippen molar-refractivity contribution in [3.63, 3.8) is 0 Å². The number of carbonyl (C=O) groups is 2. The minimum atomic E-state index is -0.660. The van der Waals surface area contributed by atoms with Gasteiger partial charge in [0.25, 0.3) is 11.8 Å². The third-order valence-electron chi connectivity index (χ3n) is 2.30. The Morgan fingerprint density at radius 3 is 2.59 bits per heavy atom. The Kier molecular flexibility index (Phi) is 4.59. The molecule has 0 fully saturated rings. The van der Waals surface area contributed by atoms with Crippen LogP contribution in [0.5, 0.6) is 0 Å². The summed E-state index contributed by atoms with van der Waals surface area (Å²) in [4.78, 5) is 27.1. The van der Waals surface area contributed by atoms with Crippen LogP contribution in [0.2, 0.25) is 0 Å². The van der Waals surface area contributed by atoms with Crippen LogP contribution in [0.15, 0.2) is 24.5 Å². The first-order valence-corrected chi connectivity index (χ1v) is 5.27. The molecule has 6 nitrogen and oxygen atoms in total. The van der Waals surface area contributed by atoms with Crippen LogP contribution in [0.3, 0.4) is 0 Å². The average Bonchev–Trinajstić information content (AvgIpc) is 2.35. The average molecular weight is 236 g/mol.